The van der Waals surface area contributed by atoms with Crippen molar-refractivity contribution >= 4 is 33.5 Å². The van der Waals surface area contributed by atoms with Gasteiger partial charge in [-0.3, -0.25) is 9.69 Å². The van der Waals surface area contributed by atoms with Crippen molar-refractivity contribution in [3.8, 4) is 0 Å². The van der Waals surface area contributed by atoms with E-state index in [9.17, 15) is 9.59 Å². The Bertz CT molecular complexity index is 1010. The quantitative estimate of drug-likeness (QED) is 0.708. The van der Waals surface area contributed by atoms with Gasteiger partial charge in [0.15, 0.2) is 0 Å². The number of fused-ring (bicyclic) bond motifs is 3. The van der Waals surface area contributed by atoms with E-state index < -0.39 is 5.54 Å². The third-order valence-corrected chi connectivity index (χ3v) is 6.30. The van der Waals surface area contributed by atoms with Gasteiger partial charge in [-0.1, -0.05) is 36.4 Å². The topological polar surface area (TPSA) is 62.3 Å². The van der Waals surface area contributed by atoms with Crippen LogP contribution in [0.5, 0.6) is 0 Å². The molecule has 130 valence electrons. The van der Waals surface area contributed by atoms with Crippen LogP contribution < -0.4 is 5.32 Å². The van der Waals surface area contributed by atoms with Gasteiger partial charge < -0.3 is 5.32 Å². The van der Waals surface area contributed by atoms with Gasteiger partial charge in [0.1, 0.15) is 10.5 Å². The summed E-state index contributed by atoms with van der Waals surface area (Å²) < 4.78 is 1.06. The molecule has 1 aliphatic carbocycles. The molecular weight excluding hydrogens is 346 g/mol. The molecule has 1 aromatic heterocycles. The summed E-state index contributed by atoms with van der Waals surface area (Å²) in [5.41, 5.74) is 2.07. The van der Waals surface area contributed by atoms with Gasteiger partial charge in [0.2, 0.25) is 0 Å². The lowest BCUT2D eigenvalue weighted by molar-refractivity contribution is -0.132. The van der Waals surface area contributed by atoms with Gasteiger partial charge in [-0.05, 0) is 42.5 Å². The highest BCUT2D eigenvalue weighted by molar-refractivity contribution is 7.18. The van der Waals surface area contributed by atoms with E-state index in [2.05, 4.69) is 10.3 Å². The van der Waals surface area contributed by atoms with Crippen LogP contribution in [0.4, 0.5) is 4.79 Å². The number of hydrogen-bond donors (Lipinski definition) is 1. The summed E-state index contributed by atoms with van der Waals surface area (Å²) in [5.74, 6) is -0.158. The fourth-order valence-electron chi connectivity index (χ4n) is 4.08. The first-order valence-corrected chi connectivity index (χ1v) is 9.56. The van der Waals surface area contributed by atoms with Crippen molar-refractivity contribution in [3.63, 3.8) is 0 Å². The van der Waals surface area contributed by atoms with E-state index in [0.717, 1.165) is 39.2 Å². The number of benzene rings is 2. The van der Waals surface area contributed by atoms with E-state index in [-0.39, 0.29) is 18.5 Å². The number of imide groups is 1. The number of carbonyl (C=O) groups excluding carboxylic acids is 2. The number of rotatable bonds is 2. The smallest absolute Gasteiger partial charge is 0.319 e. The lowest BCUT2D eigenvalue weighted by atomic mass is 9.76. The zero-order valence-electron chi connectivity index (χ0n) is 14.1. The summed E-state index contributed by atoms with van der Waals surface area (Å²) in [4.78, 5) is 31.8. The van der Waals surface area contributed by atoms with Crippen molar-refractivity contribution < 1.29 is 9.59 Å². The standard InChI is InChI=1S/C20H17N3O2S/c24-18-20(11-5-7-13-6-1-2-8-14(13)20)22-19(25)23(18)12-17-21-15-9-3-4-10-16(15)26-17/h1-4,6,8-10H,5,7,11-12H2,(H,22,25). The van der Waals surface area contributed by atoms with E-state index in [1.165, 1.54) is 16.2 Å². The number of thiazole rings is 1. The van der Waals surface area contributed by atoms with Crippen molar-refractivity contribution in [2.75, 3.05) is 0 Å². The van der Waals surface area contributed by atoms with Crippen molar-refractivity contribution in [2.24, 2.45) is 0 Å². The summed E-state index contributed by atoms with van der Waals surface area (Å²) in [6.07, 6.45) is 2.47. The average Bonchev–Trinajstić information content (AvgIpc) is 3.17. The number of nitrogens with one attached hydrogen (secondary N) is 1. The van der Waals surface area contributed by atoms with Gasteiger partial charge in [0.05, 0.1) is 16.8 Å². The van der Waals surface area contributed by atoms with Crippen LogP contribution in [0.3, 0.4) is 0 Å². The molecule has 1 N–H and O–H groups in total. The minimum absolute atomic E-state index is 0.158. The third-order valence-electron chi connectivity index (χ3n) is 5.28. The number of amides is 3. The summed E-state index contributed by atoms with van der Waals surface area (Å²) in [5, 5.41) is 3.77. The van der Waals surface area contributed by atoms with Crippen LogP contribution in [0.2, 0.25) is 0 Å². The first-order chi connectivity index (χ1) is 12.7. The Morgan fingerprint density at radius 1 is 1.12 bits per heavy atom. The maximum atomic E-state index is 13.3. The molecule has 2 aliphatic rings. The van der Waals surface area contributed by atoms with Crippen molar-refractivity contribution in [3.05, 3.63) is 64.7 Å². The molecule has 5 rings (SSSR count). The van der Waals surface area contributed by atoms with Crippen LogP contribution in [0.15, 0.2) is 48.5 Å². The Kier molecular flexibility index (Phi) is 3.37. The Labute approximate surface area is 154 Å². The zero-order chi connectivity index (χ0) is 17.7. The van der Waals surface area contributed by atoms with Crippen molar-refractivity contribution in [1.29, 1.82) is 0 Å². The molecule has 1 atom stereocenters. The minimum Gasteiger partial charge on any atom is -0.319 e. The maximum Gasteiger partial charge on any atom is 0.325 e. The molecule has 0 saturated carbocycles. The van der Waals surface area contributed by atoms with E-state index in [1.54, 1.807) is 0 Å². The summed E-state index contributed by atoms with van der Waals surface area (Å²) in [6.45, 7) is 0.216. The monoisotopic (exact) mass is 363 g/mol. The van der Waals surface area contributed by atoms with Gasteiger partial charge in [0.25, 0.3) is 5.91 Å². The molecule has 2 heterocycles. The molecule has 3 aromatic rings. The van der Waals surface area contributed by atoms with E-state index >= 15 is 0 Å². The third kappa shape index (κ3) is 2.18. The van der Waals surface area contributed by atoms with Crippen LogP contribution >= 0.6 is 11.3 Å². The molecular formula is C20H17N3O2S. The normalized spacial score (nSPS) is 22.1. The second kappa shape index (κ2) is 5.64. The molecule has 1 spiro atoms. The fourth-order valence-corrected chi connectivity index (χ4v) is 5.03. The van der Waals surface area contributed by atoms with Gasteiger partial charge in [-0.2, -0.15) is 0 Å². The Hall–Kier alpha value is -2.73. The molecule has 0 bridgehead atoms. The highest BCUT2D eigenvalue weighted by Gasteiger charge is 2.53. The number of hydrogen-bond acceptors (Lipinski definition) is 4. The van der Waals surface area contributed by atoms with Gasteiger partial charge in [-0.25, -0.2) is 9.78 Å². The molecule has 1 unspecified atom stereocenters. The van der Waals surface area contributed by atoms with E-state index in [0.29, 0.717) is 6.42 Å². The average molecular weight is 363 g/mol. The van der Waals surface area contributed by atoms with Crippen LogP contribution in [0.25, 0.3) is 10.2 Å². The number of carbonyl (C=O) groups is 2. The molecule has 3 amide bonds. The number of nitrogens with zero attached hydrogens (tertiary/aromatic N) is 2. The summed E-state index contributed by atoms with van der Waals surface area (Å²) >= 11 is 1.52. The minimum atomic E-state index is -0.914. The van der Waals surface area contributed by atoms with Gasteiger partial charge in [0, 0.05) is 0 Å². The van der Waals surface area contributed by atoms with Gasteiger partial charge >= 0.3 is 6.03 Å². The largest absolute Gasteiger partial charge is 0.325 e. The molecule has 1 saturated heterocycles. The molecule has 2 aromatic carbocycles. The lowest BCUT2D eigenvalue weighted by Crippen LogP contribution is -2.46. The lowest BCUT2D eigenvalue weighted by Gasteiger charge is -2.33. The summed E-state index contributed by atoms with van der Waals surface area (Å²) in [6, 6.07) is 15.5. The molecule has 0 radical (unpaired) electrons. The number of aromatic nitrogens is 1. The van der Waals surface area contributed by atoms with Crippen LogP contribution in [-0.4, -0.2) is 21.8 Å². The van der Waals surface area contributed by atoms with Crippen LogP contribution in [0, 0.1) is 0 Å². The van der Waals surface area contributed by atoms with Crippen molar-refractivity contribution in [2.45, 2.75) is 31.3 Å². The molecule has 1 fully saturated rings. The van der Waals surface area contributed by atoms with Crippen molar-refractivity contribution in [1.82, 2.24) is 15.2 Å². The van der Waals surface area contributed by atoms with E-state index in [1.807, 2.05) is 48.5 Å². The summed E-state index contributed by atoms with van der Waals surface area (Å²) in [7, 11) is 0. The predicted octanol–water partition coefficient (Wildman–Crippen LogP) is 3.58. The zero-order valence-corrected chi connectivity index (χ0v) is 14.9. The highest BCUT2D eigenvalue weighted by Crippen LogP contribution is 2.40. The van der Waals surface area contributed by atoms with Crippen LogP contribution in [0.1, 0.15) is 29.0 Å². The second-order valence-corrected chi connectivity index (χ2v) is 7.93. The van der Waals surface area contributed by atoms with E-state index in [4.69, 9.17) is 0 Å². The highest BCUT2D eigenvalue weighted by atomic mass is 32.1. The fraction of sp³-hybridized carbons (Fsp3) is 0.250. The molecule has 5 nitrogen and oxygen atoms in total. The number of urea groups is 1. The first kappa shape index (κ1) is 15.5. The Morgan fingerprint density at radius 2 is 1.92 bits per heavy atom. The first-order valence-electron chi connectivity index (χ1n) is 8.74. The molecule has 1 aliphatic heterocycles. The Balaban J connectivity index is 1.51. The maximum absolute atomic E-state index is 13.3. The SMILES string of the molecule is O=C1NC2(CCCc3ccccc32)C(=O)N1Cc1nc2ccccc2s1. The second-order valence-electron chi connectivity index (χ2n) is 6.81. The molecule has 6 heteroatoms. The predicted molar refractivity (Wildman–Crippen MR) is 99.8 cm³/mol. The Morgan fingerprint density at radius 3 is 2.81 bits per heavy atom. The van der Waals surface area contributed by atoms with Crippen LogP contribution in [-0.2, 0) is 23.3 Å². The number of aryl methyl sites for hydroxylation is 1. The molecule has 26 heavy (non-hydrogen) atoms. The number of para-hydroxylation sites is 1. The van der Waals surface area contributed by atoms with Gasteiger partial charge in [-0.15, -0.1) is 11.3 Å².